The van der Waals surface area contributed by atoms with Crippen LogP contribution in [-0.2, 0) is 11.3 Å². The Morgan fingerprint density at radius 3 is 2.62 bits per heavy atom. The lowest BCUT2D eigenvalue weighted by Crippen LogP contribution is -2.27. The maximum Gasteiger partial charge on any atom is 0.251 e. The summed E-state index contributed by atoms with van der Waals surface area (Å²) < 4.78 is 1.40. The average Bonchev–Trinajstić information content (AvgIpc) is 2.42. The Hall–Kier alpha value is -2.36. The number of nitrogens with one attached hydrogen (secondary N) is 1. The van der Waals surface area contributed by atoms with Gasteiger partial charge >= 0.3 is 0 Å². The third-order valence-corrected chi connectivity index (χ3v) is 3.32. The quantitative estimate of drug-likeness (QED) is 0.938. The number of nitrogens with zero attached hydrogens (tertiary/aromatic N) is 1. The first-order valence-electron chi connectivity index (χ1n) is 7.03. The molecular formula is C17H20N2O2. The normalized spacial score (nSPS) is 10.7. The van der Waals surface area contributed by atoms with Crippen molar-refractivity contribution in [2.45, 2.75) is 33.2 Å². The summed E-state index contributed by atoms with van der Waals surface area (Å²) in [6.45, 7) is 6.03. The lowest BCUT2D eigenvalue weighted by molar-refractivity contribution is -0.116. The molecule has 4 nitrogen and oxygen atoms in total. The van der Waals surface area contributed by atoms with Gasteiger partial charge in [0, 0.05) is 18.0 Å². The van der Waals surface area contributed by atoms with Gasteiger partial charge in [-0.2, -0.15) is 0 Å². The Kier molecular flexibility index (Phi) is 4.58. The predicted octanol–water partition coefficient (Wildman–Crippen LogP) is 2.92. The molecule has 1 N–H and O–H groups in total. The van der Waals surface area contributed by atoms with Crippen LogP contribution in [0.15, 0.2) is 47.4 Å². The van der Waals surface area contributed by atoms with Crippen molar-refractivity contribution < 1.29 is 4.79 Å². The van der Waals surface area contributed by atoms with Crippen LogP contribution in [0.3, 0.4) is 0 Å². The van der Waals surface area contributed by atoms with Gasteiger partial charge in [0.05, 0.1) is 0 Å². The van der Waals surface area contributed by atoms with Crippen LogP contribution in [0, 0.1) is 6.92 Å². The molecule has 0 aliphatic rings. The first kappa shape index (κ1) is 15.0. The van der Waals surface area contributed by atoms with Crippen LogP contribution in [0.25, 0.3) is 0 Å². The van der Waals surface area contributed by atoms with Gasteiger partial charge in [0.1, 0.15) is 6.54 Å². The summed E-state index contributed by atoms with van der Waals surface area (Å²) in [5.74, 6) is 0.123. The second-order valence-electron chi connectivity index (χ2n) is 5.46. The fourth-order valence-electron chi connectivity index (χ4n) is 2.20. The molecule has 4 heteroatoms. The second-order valence-corrected chi connectivity index (χ2v) is 5.46. The summed E-state index contributed by atoms with van der Waals surface area (Å²) >= 11 is 0. The molecule has 110 valence electrons. The number of hydrogen-bond donors (Lipinski definition) is 1. The Bertz CT molecular complexity index is 702. The topological polar surface area (TPSA) is 51.1 Å². The maximum atomic E-state index is 12.1. The van der Waals surface area contributed by atoms with Crippen LogP contribution in [0.5, 0.6) is 0 Å². The molecule has 0 radical (unpaired) electrons. The third kappa shape index (κ3) is 3.81. The van der Waals surface area contributed by atoms with Gasteiger partial charge < -0.3 is 9.88 Å². The molecule has 2 rings (SSSR count). The van der Waals surface area contributed by atoms with Gasteiger partial charge in [-0.15, -0.1) is 0 Å². The number of anilines is 1. The van der Waals surface area contributed by atoms with Gasteiger partial charge in [-0.25, -0.2) is 0 Å². The monoisotopic (exact) mass is 284 g/mol. The standard InChI is InChI=1S/C17H20N2O2/c1-12(2)14-6-4-5-7-15(14)18-16(20)11-19-9-8-13(3)10-17(19)21/h4-10,12H,11H2,1-3H3,(H,18,20). The minimum absolute atomic E-state index is 0.0194. The fraction of sp³-hybridized carbons (Fsp3) is 0.294. The van der Waals surface area contributed by atoms with Gasteiger partial charge in [0.2, 0.25) is 5.91 Å². The van der Waals surface area contributed by atoms with E-state index in [1.165, 1.54) is 10.6 Å². The van der Waals surface area contributed by atoms with Gasteiger partial charge in [0.15, 0.2) is 0 Å². The van der Waals surface area contributed by atoms with E-state index in [9.17, 15) is 9.59 Å². The van der Waals surface area contributed by atoms with E-state index >= 15 is 0 Å². The van der Waals surface area contributed by atoms with E-state index in [4.69, 9.17) is 0 Å². The van der Waals surface area contributed by atoms with E-state index in [-0.39, 0.29) is 18.0 Å². The number of amides is 1. The van der Waals surface area contributed by atoms with Gasteiger partial charge in [-0.1, -0.05) is 32.0 Å². The highest BCUT2D eigenvalue weighted by molar-refractivity contribution is 5.91. The highest BCUT2D eigenvalue weighted by atomic mass is 16.2. The van der Waals surface area contributed by atoms with E-state index < -0.39 is 0 Å². The molecular weight excluding hydrogens is 264 g/mol. The molecule has 1 heterocycles. The lowest BCUT2D eigenvalue weighted by atomic mass is 10.0. The zero-order chi connectivity index (χ0) is 15.4. The zero-order valence-electron chi connectivity index (χ0n) is 12.6. The first-order chi connectivity index (χ1) is 9.97. The van der Waals surface area contributed by atoms with Crippen LogP contribution < -0.4 is 10.9 Å². The van der Waals surface area contributed by atoms with E-state index in [2.05, 4.69) is 19.2 Å². The number of carbonyl (C=O) groups is 1. The number of benzene rings is 1. The van der Waals surface area contributed by atoms with Crippen LogP contribution >= 0.6 is 0 Å². The highest BCUT2D eigenvalue weighted by Gasteiger charge is 2.10. The third-order valence-electron chi connectivity index (χ3n) is 3.32. The Morgan fingerprint density at radius 2 is 1.95 bits per heavy atom. The first-order valence-corrected chi connectivity index (χ1v) is 7.03. The number of para-hydroxylation sites is 1. The second kappa shape index (κ2) is 6.39. The molecule has 0 bridgehead atoms. The van der Waals surface area contributed by atoms with Crippen molar-refractivity contribution in [3.8, 4) is 0 Å². The Balaban J connectivity index is 2.14. The summed E-state index contributed by atoms with van der Waals surface area (Å²) in [7, 11) is 0. The van der Waals surface area contributed by atoms with Gasteiger partial charge in [-0.3, -0.25) is 9.59 Å². The molecule has 1 aromatic carbocycles. The number of aryl methyl sites for hydroxylation is 1. The van der Waals surface area contributed by atoms with Crippen molar-refractivity contribution in [3.63, 3.8) is 0 Å². The molecule has 0 saturated carbocycles. The molecule has 1 amide bonds. The molecule has 0 aliphatic heterocycles. The number of carbonyl (C=O) groups excluding carboxylic acids is 1. The average molecular weight is 284 g/mol. The van der Waals surface area contributed by atoms with Crippen LogP contribution in [0.4, 0.5) is 5.69 Å². The summed E-state index contributed by atoms with van der Waals surface area (Å²) in [5, 5.41) is 2.88. The van der Waals surface area contributed by atoms with Crippen molar-refractivity contribution in [2.75, 3.05) is 5.32 Å². The van der Waals surface area contributed by atoms with Crippen molar-refractivity contribution in [1.29, 1.82) is 0 Å². The highest BCUT2D eigenvalue weighted by Crippen LogP contribution is 2.23. The van der Waals surface area contributed by atoms with E-state index in [1.54, 1.807) is 6.20 Å². The number of pyridine rings is 1. The lowest BCUT2D eigenvalue weighted by Gasteiger charge is -2.14. The van der Waals surface area contributed by atoms with E-state index in [0.29, 0.717) is 5.92 Å². The van der Waals surface area contributed by atoms with Gasteiger partial charge in [-0.05, 0) is 36.1 Å². The van der Waals surface area contributed by atoms with Crippen molar-refractivity contribution >= 4 is 11.6 Å². The van der Waals surface area contributed by atoms with Crippen molar-refractivity contribution in [3.05, 3.63) is 64.1 Å². The minimum Gasteiger partial charge on any atom is -0.324 e. The summed E-state index contributed by atoms with van der Waals surface area (Å²) in [4.78, 5) is 23.9. The SMILES string of the molecule is Cc1ccn(CC(=O)Nc2ccccc2C(C)C)c(=O)c1. The van der Waals surface area contributed by atoms with Crippen molar-refractivity contribution in [2.24, 2.45) is 0 Å². The smallest absolute Gasteiger partial charge is 0.251 e. The predicted molar refractivity (Wildman–Crippen MR) is 84.6 cm³/mol. The Labute approximate surface area is 124 Å². The van der Waals surface area contributed by atoms with E-state index in [1.807, 2.05) is 37.3 Å². The van der Waals surface area contributed by atoms with Crippen LogP contribution in [0.1, 0.15) is 30.9 Å². The molecule has 0 aliphatic carbocycles. The summed E-state index contributed by atoms with van der Waals surface area (Å²) in [6, 6.07) is 11.1. The molecule has 0 atom stereocenters. The molecule has 0 saturated heterocycles. The number of rotatable bonds is 4. The van der Waals surface area contributed by atoms with Gasteiger partial charge in [0.25, 0.3) is 5.56 Å². The molecule has 1 aromatic heterocycles. The fourth-order valence-corrected chi connectivity index (χ4v) is 2.20. The largest absolute Gasteiger partial charge is 0.324 e. The summed E-state index contributed by atoms with van der Waals surface area (Å²) in [6.07, 6.45) is 1.64. The molecule has 0 fully saturated rings. The van der Waals surface area contributed by atoms with Crippen molar-refractivity contribution in [1.82, 2.24) is 4.57 Å². The maximum absolute atomic E-state index is 12.1. The minimum atomic E-state index is -0.200. The Morgan fingerprint density at radius 1 is 1.24 bits per heavy atom. The van der Waals surface area contributed by atoms with Crippen LogP contribution in [-0.4, -0.2) is 10.5 Å². The molecule has 2 aromatic rings. The molecule has 0 unspecified atom stereocenters. The van der Waals surface area contributed by atoms with Crippen LogP contribution in [0.2, 0.25) is 0 Å². The van der Waals surface area contributed by atoms with E-state index in [0.717, 1.165) is 16.8 Å². The summed E-state index contributed by atoms with van der Waals surface area (Å²) in [5.41, 5.74) is 2.61. The number of aromatic nitrogens is 1. The number of hydrogen-bond acceptors (Lipinski definition) is 2. The molecule has 21 heavy (non-hydrogen) atoms. The zero-order valence-corrected chi connectivity index (χ0v) is 12.6. The molecule has 0 spiro atoms.